The molecule has 186 valence electrons. The van der Waals surface area contributed by atoms with Gasteiger partial charge in [-0.3, -0.25) is 14.2 Å². The molecule has 1 saturated heterocycles. The number of carbonyl (C=O) groups excluding carboxylic acids is 1. The Morgan fingerprint density at radius 1 is 1.03 bits per heavy atom. The van der Waals surface area contributed by atoms with E-state index in [2.05, 4.69) is 9.88 Å². The second-order valence-electron chi connectivity index (χ2n) is 8.63. The molecule has 0 amide bonds. The molecule has 0 saturated carbocycles. The van der Waals surface area contributed by atoms with Gasteiger partial charge in [-0.25, -0.2) is 13.4 Å². The molecule has 0 spiro atoms. The number of sulfone groups is 1. The number of hydrogen-bond acceptors (Lipinski definition) is 7. The van der Waals surface area contributed by atoms with Gasteiger partial charge in [-0.15, -0.1) is 11.3 Å². The summed E-state index contributed by atoms with van der Waals surface area (Å²) in [4.78, 5) is 32.4. The molecule has 2 aromatic heterocycles. The molecule has 0 N–H and O–H groups in total. The lowest BCUT2D eigenvalue weighted by Gasteiger charge is -2.18. The molecule has 0 aliphatic carbocycles. The van der Waals surface area contributed by atoms with E-state index in [0.717, 1.165) is 43.0 Å². The number of anilines is 1. The molecule has 0 bridgehead atoms. The molecule has 2 aromatic carbocycles. The summed E-state index contributed by atoms with van der Waals surface area (Å²) in [7, 11) is -3.76. The van der Waals surface area contributed by atoms with Gasteiger partial charge in [0.05, 0.1) is 25.9 Å². The van der Waals surface area contributed by atoms with E-state index in [1.54, 1.807) is 24.3 Å². The normalized spacial score (nSPS) is 14.0. The lowest BCUT2D eigenvalue weighted by Crippen LogP contribution is -2.21. The van der Waals surface area contributed by atoms with Crippen molar-refractivity contribution >= 4 is 66.7 Å². The van der Waals surface area contributed by atoms with Crippen molar-refractivity contribution in [1.29, 1.82) is 0 Å². The lowest BCUT2D eigenvalue weighted by atomic mass is 10.1. The quantitative estimate of drug-likeness (QED) is 0.317. The molecular formula is C25H21Cl2N3O4S2. The van der Waals surface area contributed by atoms with Gasteiger partial charge in [0.15, 0.2) is 15.6 Å². The first kappa shape index (κ1) is 25.0. The van der Waals surface area contributed by atoms with Crippen molar-refractivity contribution in [3.05, 3.63) is 80.1 Å². The number of benzene rings is 2. The first-order valence-corrected chi connectivity index (χ1v) is 14.5. The van der Waals surface area contributed by atoms with Gasteiger partial charge in [0.1, 0.15) is 16.3 Å². The summed E-state index contributed by atoms with van der Waals surface area (Å²) in [5.74, 6) is -1.10. The summed E-state index contributed by atoms with van der Waals surface area (Å²) in [6.45, 7) is 2.00. The Hall–Kier alpha value is -2.72. The topological polar surface area (TPSA) is 89.3 Å². The van der Waals surface area contributed by atoms with E-state index in [0.29, 0.717) is 26.5 Å². The first-order valence-electron chi connectivity index (χ1n) is 11.3. The van der Waals surface area contributed by atoms with Crippen LogP contribution in [0.5, 0.6) is 0 Å². The predicted molar refractivity (Wildman–Crippen MR) is 144 cm³/mol. The number of carbonyl (C=O) groups is 1. The van der Waals surface area contributed by atoms with Crippen molar-refractivity contribution < 1.29 is 13.2 Å². The third-order valence-corrected chi connectivity index (χ3v) is 9.88. The number of hydrogen-bond donors (Lipinski definition) is 0. The zero-order chi connectivity index (χ0) is 25.4. The van der Waals surface area contributed by atoms with E-state index < -0.39 is 21.4 Å². The average molecular weight is 563 g/mol. The van der Waals surface area contributed by atoms with Crippen LogP contribution in [0.3, 0.4) is 0 Å². The highest BCUT2D eigenvalue weighted by atomic mass is 35.5. The highest BCUT2D eigenvalue weighted by molar-refractivity contribution is 7.94. The Balaban J connectivity index is 1.36. The van der Waals surface area contributed by atoms with E-state index in [1.807, 2.05) is 12.1 Å². The van der Waals surface area contributed by atoms with E-state index in [9.17, 15) is 18.0 Å². The second-order valence-corrected chi connectivity index (χ2v) is 13.0. The predicted octanol–water partition coefficient (Wildman–Crippen LogP) is 4.94. The van der Waals surface area contributed by atoms with Crippen LogP contribution < -0.4 is 10.5 Å². The molecular weight excluding hydrogens is 541 g/mol. The Morgan fingerprint density at radius 3 is 2.50 bits per heavy atom. The van der Waals surface area contributed by atoms with Gasteiger partial charge in [-0.05, 0) is 60.9 Å². The zero-order valence-electron chi connectivity index (χ0n) is 19.0. The Bertz CT molecular complexity index is 1640. The number of Topliss-reactive ketones (excluding diaryl/α,β-unsaturated/α-hetero) is 1. The van der Waals surface area contributed by atoms with Crippen LogP contribution in [0.4, 0.5) is 5.69 Å². The fourth-order valence-corrected chi connectivity index (χ4v) is 7.44. The molecule has 1 aliphatic rings. The number of nitrogens with zero attached hydrogens (tertiary/aromatic N) is 3. The van der Waals surface area contributed by atoms with Gasteiger partial charge in [-0.1, -0.05) is 29.3 Å². The maximum absolute atomic E-state index is 13.2. The minimum Gasteiger partial charge on any atom is -0.371 e. The summed E-state index contributed by atoms with van der Waals surface area (Å²) in [5, 5.41) is 0.736. The average Bonchev–Trinajstić information content (AvgIpc) is 3.52. The van der Waals surface area contributed by atoms with Gasteiger partial charge < -0.3 is 4.90 Å². The van der Waals surface area contributed by atoms with Crippen LogP contribution in [-0.2, 0) is 21.1 Å². The van der Waals surface area contributed by atoms with Gasteiger partial charge in [0.2, 0.25) is 0 Å². The summed E-state index contributed by atoms with van der Waals surface area (Å²) < 4.78 is 26.7. The maximum Gasteiger partial charge on any atom is 0.265 e. The Morgan fingerprint density at radius 2 is 1.81 bits per heavy atom. The van der Waals surface area contributed by atoms with Crippen LogP contribution >= 0.6 is 34.5 Å². The van der Waals surface area contributed by atoms with E-state index in [1.165, 1.54) is 23.0 Å². The maximum atomic E-state index is 13.2. The first-order chi connectivity index (χ1) is 17.2. The number of fused-ring (bicyclic) bond motifs is 1. The minimum absolute atomic E-state index is 0.0601. The number of rotatable bonds is 7. The standard InChI is InChI=1S/C25H21Cl2N3O4S2/c26-20-12-16(11-18(31)14-36(33,34)24-8-7-23(27)35-24)3-6-22(20)30-15-28-21-13-17(29-9-1-2-10-29)4-5-19(21)25(30)32/h3-8,12-13,15H,1-2,9-11,14H2. The third kappa shape index (κ3) is 5.06. The summed E-state index contributed by atoms with van der Waals surface area (Å²) in [6, 6.07) is 13.4. The summed E-state index contributed by atoms with van der Waals surface area (Å²) >= 11 is 13.2. The molecule has 4 aromatic rings. The largest absolute Gasteiger partial charge is 0.371 e. The van der Waals surface area contributed by atoms with Gasteiger partial charge in [0, 0.05) is 25.2 Å². The molecule has 1 fully saturated rings. The zero-order valence-corrected chi connectivity index (χ0v) is 22.1. The number of thiophene rings is 1. The van der Waals surface area contributed by atoms with Crippen LogP contribution in [0.25, 0.3) is 16.6 Å². The molecule has 0 radical (unpaired) electrons. The van der Waals surface area contributed by atoms with Crippen molar-refractivity contribution in [3.8, 4) is 5.69 Å². The highest BCUT2D eigenvalue weighted by Crippen LogP contribution is 2.27. The molecule has 1 aliphatic heterocycles. The Labute approximate surface area is 221 Å². The van der Waals surface area contributed by atoms with Crippen molar-refractivity contribution in [1.82, 2.24) is 9.55 Å². The molecule has 7 nitrogen and oxygen atoms in total. The number of halogens is 2. The molecule has 36 heavy (non-hydrogen) atoms. The molecule has 0 unspecified atom stereocenters. The third-order valence-electron chi connectivity index (χ3n) is 6.09. The van der Waals surface area contributed by atoms with Crippen LogP contribution in [0.15, 0.2) is 63.9 Å². The van der Waals surface area contributed by atoms with Gasteiger partial charge in [-0.2, -0.15) is 0 Å². The lowest BCUT2D eigenvalue weighted by molar-refractivity contribution is -0.116. The van der Waals surface area contributed by atoms with Crippen molar-refractivity contribution in [2.24, 2.45) is 0 Å². The molecule has 3 heterocycles. The van der Waals surface area contributed by atoms with Crippen molar-refractivity contribution in [2.45, 2.75) is 23.5 Å². The van der Waals surface area contributed by atoms with Crippen LogP contribution in [0, 0.1) is 0 Å². The molecule has 11 heteroatoms. The fraction of sp³-hybridized carbons (Fsp3) is 0.240. The smallest absolute Gasteiger partial charge is 0.265 e. The number of ketones is 1. The molecule has 5 rings (SSSR count). The van der Waals surface area contributed by atoms with Crippen molar-refractivity contribution in [2.75, 3.05) is 23.7 Å². The fourth-order valence-electron chi connectivity index (χ4n) is 4.34. The van der Waals surface area contributed by atoms with Crippen molar-refractivity contribution in [3.63, 3.8) is 0 Å². The van der Waals surface area contributed by atoms with E-state index >= 15 is 0 Å². The van der Waals surface area contributed by atoms with E-state index in [-0.39, 0.29) is 21.2 Å². The summed E-state index contributed by atoms with van der Waals surface area (Å²) in [5.41, 5.74) is 2.40. The summed E-state index contributed by atoms with van der Waals surface area (Å²) in [6.07, 6.45) is 3.66. The Kier molecular flexibility index (Phi) is 6.91. The monoisotopic (exact) mass is 561 g/mol. The SMILES string of the molecule is O=C(Cc1ccc(-n2cnc3cc(N4CCCC4)ccc3c2=O)c(Cl)c1)CS(=O)(=O)c1ccc(Cl)s1. The number of aromatic nitrogens is 2. The second kappa shape index (κ2) is 9.97. The minimum atomic E-state index is -3.76. The molecule has 0 atom stereocenters. The highest BCUT2D eigenvalue weighted by Gasteiger charge is 2.22. The van der Waals surface area contributed by atoms with E-state index in [4.69, 9.17) is 23.2 Å². The van der Waals surface area contributed by atoms with Gasteiger partial charge >= 0.3 is 0 Å². The van der Waals surface area contributed by atoms with Crippen LogP contribution in [0.1, 0.15) is 18.4 Å². The van der Waals surface area contributed by atoms with Crippen LogP contribution in [-0.4, -0.2) is 42.6 Å². The van der Waals surface area contributed by atoms with Gasteiger partial charge in [0.25, 0.3) is 5.56 Å². The van der Waals surface area contributed by atoms with Crippen LogP contribution in [0.2, 0.25) is 9.36 Å².